The Balaban J connectivity index is 1.65. The lowest BCUT2D eigenvalue weighted by Crippen LogP contribution is -2.47. The number of carbonyl (C=O) groups is 2. The maximum absolute atomic E-state index is 12.5. The molecule has 4 heteroatoms. The number of carbonyl (C=O) groups excluding carboxylic acids is 2. The monoisotopic (exact) mass is 286 g/mol. The Morgan fingerprint density at radius 3 is 2.71 bits per heavy atom. The molecule has 2 aliphatic rings. The van der Waals surface area contributed by atoms with Crippen LogP contribution in [0.15, 0.2) is 24.3 Å². The summed E-state index contributed by atoms with van der Waals surface area (Å²) < 4.78 is 0. The summed E-state index contributed by atoms with van der Waals surface area (Å²) in [5.41, 5.74) is 2.18. The second-order valence-corrected chi connectivity index (χ2v) is 6.13. The molecule has 0 bridgehead atoms. The lowest BCUT2D eigenvalue weighted by molar-refractivity contribution is -0.138. The molecular formula is C17H22N2O2. The zero-order valence-electron chi connectivity index (χ0n) is 12.5. The number of amides is 2. The molecule has 21 heavy (non-hydrogen) atoms. The van der Waals surface area contributed by atoms with Crippen LogP contribution < -0.4 is 5.32 Å². The van der Waals surface area contributed by atoms with Gasteiger partial charge in [0.05, 0.1) is 6.42 Å². The quantitative estimate of drug-likeness (QED) is 0.917. The smallest absolute Gasteiger partial charge is 0.243 e. The highest BCUT2D eigenvalue weighted by molar-refractivity contribution is 5.89. The van der Waals surface area contributed by atoms with Crippen molar-refractivity contribution in [2.24, 2.45) is 0 Å². The first-order chi connectivity index (χ1) is 10.1. The third-order valence-corrected chi connectivity index (χ3v) is 4.40. The van der Waals surface area contributed by atoms with Gasteiger partial charge in [0.25, 0.3) is 0 Å². The van der Waals surface area contributed by atoms with Crippen LogP contribution in [-0.2, 0) is 16.0 Å². The molecule has 2 amide bonds. The van der Waals surface area contributed by atoms with E-state index < -0.39 is 0 Å². The van der Waals surface area contributed by atoms with Gasteiger partial charge in [-0.2, -0.15) is 0 Å². The molecule has 0 spiro atoms. The predicted molar refractivity (Wildman–Crippen MR) is 80.8 cm³/mol. The Hall–Kier alpha value is -1.84. The first kappa shape index (κ1) is 14.1. The molecular weight excluding hydrogens is 264 g/mol. The van der Waals surface area contributed by atoms with Crippen molar-refractivity contribution in [2.45, 2.75) is 51.1 Å². The number of nitrogens with one attached hydrogen (secondary N) is 1. The molecule has 3 rings (SSSR count). The molecule has 1 aliphatic heterocycles. The van der Waals surface area contributed by atoms with E-state index >= 15 is 0 Å². The van der Waals surface area contributed by atoms with E-state index in [1.165, 1.54) is 0 Å². The highest BCUT2D eigenvalue weighted by atomic mass is 16.2. The highest BCUT2D eigenvalue weighted by Crippen LogP contribution is 2.23. The summed E-state index contributed by atoms with van der Waals surface area (Å²) in [6.45, 7) is 2.72. The van der Waals surface area contributed by atoms with Crippen LogP contribution in [0.3, 0.4) is 0 Å². The Morgan fingerprint density at radius 2 is 2.00 bits per heavy atom. The van der Waals surface area contributed by atoms with Crippen LogP contribution in [0.4, 0.5) is 0 Å². The van der Waals surface area contributed by atoms with E-state index in [2.05, 4.69) is 5.32 Å². The number of aryl methyl sites for hydroxylation is 1. The number of hydrogen-bond donors (Lipinski definition) is 1. The van der Waals surface area contributed by atoms with Gasteiger partial charge >= 0.3 is 0 Å². The summed E-state index contributed by atoms with van der Waals surface area (Å²) in [6, 6.07) is 8.03. The normalized spacial score (nSPS) is 21.4. The summed E-state index contributed by atoms with van der Waals surface area (Å²) in [6.07, 6.45) is 4.26. The molecule has 4 nitrogen and oxygen atoms in total. The molecule has 1 N–H and O–H groups in total. The minimum atomic E-state index is -0.262. The third kappa shape index (κ3) is 3.26. The summed E-state index contributed by atoms with van der Waals surface area (Å²) in [7, 11) is 0. The van der Waals surface area contributed by atoms with Crippen molar-refractivity contribution in [3.63, 3.8) is 0 Å². The zero-order valence-corrected chi connectivity index (χ0v) is 12.5. The molecule has 0 unspecified atom stereocenters. The molecule has 1 saturated heterocycles. The first-order valence-electron chi connectivity index (χ1n) is 7.79. The topological polar surface area (TPSA) is 49.4 Å². The highest BCUT2D eigenvalue weighted by Gasteiger charge is 2.36. The molecule has 2 fully saturated rings. The zero-order chi connectivity index (χ0) is 14.8. The molecule has 1 heterocycles. The van der Waals surface area contributed by atoms with E-state index in [9.17, 15) is 9.59 Å². The van der Waals surface area contributed by atoms with Crippen molar-refractivity contribution < 1.29 is 9.59 Å². The van der Waals surface area contributed by atoms with Gasteiger partial charge in [-0.1, -0.05) is 24.3 Å². The second kappa shape index (κ2) is 5.88. The molecule has 112 valence electrons. The first-order valence-corrected chi connectivity index (χ1v) is 7.79. The van der Waals surface area contributed by atoms with Crippen molar-refractivity contribution in [1.29, 1.82) is 0 Å². The fourth-order valence-corrected chi connectivity index (χ4v) is 2.94. The lowest BCUT2D eigenvalue weighted by atomic mass is 10.0. The average Bonchev–Trinajstić information content (AvgIpc) is 3.14. The van der Waals surface area contributed by atoms with Crippen LogP contribution in [0.1, 0.15) is 36.8 Å². The Labute approximate surface area is 125 Å². The number of rotatable bonds is 4. The van der Waals surface area contributed by atoms with Crippen molar-refractivity contribution in [1.82, 2.24) is 10.2 Å². The van der Waals surface area contributed by atoms with Gasteiger partial charge in [-0.15, -0.1) is 0 Å². The fraction of sp³-hybridized carbons (Fsp3) is 0.529. The molecule has 1 atom stereocenters. The summed E-state index contributed by atoms with van der Waals surface area (Å²) >= 11 is 0. The van der Waals surface area contributed by atoms with Crippen LogP contribution in [0.5, 0.6) is 0 Å². The predicted octanol–water partition coefficient (Wildman–Crippen LogP) is 1.81. The van der Waals surface area contributed by atoms with Gasteiger partial charge in [0.1, 0.15) is 6.04 Å². The van der Waals surface area contributed by atoms with Gasteiger partial charge < -0.3 is 10.2 Å². The van der Waals surface area contributed by atoms with E-state index in [0.29, 0.717) is 19.0 Å². The van der Waals surface area contributed by atoms with Gasteiger partial charge in [0.15, 0.2) is 0 Å². The van der Waals surface area contributed by atoms with Crippen LogP contribution in [0.25, 0.3) is 0 Å². The summed E-state index contributed by atoms with van der Waals surface area (Å²) in [5.74, 6) is 0.103. The Bertz CT molecular complexity index is 551. The third-order valence-electron chi connectivity index (χ3n) is 4.40. The van der Waals surface area contributed by atoms with Gasteiger partial charge in [0.2, 0.25) is 11.8 Å². The van der Waals surface area contributed by atoms with E-state index in [1.807, 2.05) is 31.2 Å². The maximum atomic E-state index is 12.5. The number of benzene rings is 1. The largest absolute Gasteiger partial charge is 0.352 e. The average molecular weight is 286 g/mol. The van der Waals surface area contributed by atoms with Crippen molar-refractivity contribution in [2.75, 3.05) is 6.54 Å². The van der Waals surface area contributed by atoms with Crippen LogP contribution in [-0.4, -0.2) is 35.3 Å². The standard InChI is InChI=1S/C17H22N2O2/c1-12-5-2-3-6-13(12)11-16(20)19-10-4-7-15(19)17(21)18-14-8-9-14/h2-3,5-6,14-15H,4,7-11H2,1H3,(H,18,21)/t15-/m0/s1. The molecule has 0 aromatic heterocycles. The fourth-order valence-electron chi connectivity index (χ4n) is 2.94. The van der Waals surface area contributed by atoms with E-state index in [4.69, 9.17) is 0 Å². The van der Waals surface area contributed by atoms with E-state index in [-0.39, 0.29) is 17.9 Å². The number of hydrogen-bond acceptors (Lipinski definition) is 2. The summed E-state index contributed by atoms with van der Waals surface area (Å²) in [5, 5.41) is 3.02. The van der Waals surface area contributed by atoms with Crippen molar-refractivity contribution in [3.8, 4) is 0 Å². The maximum Gasteiger partial charge on any atom is 0.243 e. The molecule has 1 aromatic carbocycles. The second-order valence-electron chi connectivity index (χ2n) is 6.13. The van der Waals surface area contributed by atoms with Gasteiger partial charge in [-0.25, -0.2) is 0 Å². The van der Waals surface area contributed by atoms with Gasteiger partial charge in [-0.3, -0.25) is 9.59 Å². The minimum Gasteiger partial charge on any atom is -0.352 e. The van der Waals surface area contributed by atoms with Crippen LogP contribution in [0, 0.1) is 6.92 Å². The van der Waals surface area contributed by atoms with Gasteiger partial charge in [0, 0.05) is 12.6 Å². The molecule has 1 saturated carbocycles. The van der Waals surface area contributed by atoms with Crippen LogP contribution >= 0.6 is 0 Å². The molecule has 0 radical (unpaired) electrons. The molecule has 1 aliphatic carbocycles. The van der Waals surface area contributed by atoms with E-state index in [1.54, 1.807) is 4.90 Å². The Kier molecular flexibility index (Phi) is 3.95. The van der Waals surface area contributed by atoms with Crippen LogP contribution in [0.2, 0.25) is 0 Å². The molecule has 1 aromatic rings. The van der Waals surface area contributed by atoms with Gasteiger partial charge in [-0.05, 0) is 43.7 Å². The minimum absolute atomic E-state index is 0.0353. The lowest BCUT2D eigenvalue weighted by Gasteiger charge is -2.24. The van der Waals surface area contributed by atoms with Crippen molar-refractivity contribution in [3.05, 3.63) is 35.4 Å². The SMILES string of the molecule is Cc1ccccc1CC(=O)N1CCC[C@H]1C(=O)NC1CC1. The number of likely N-dealkylation sites (tertiary alicyclic amines) is 1. The van der Waals surface area contributed by atoms with E-state index in [0.717, 1.165) is 36.8 Å². The van der Waals surface area contributed by atoms with Crippen molar-refractivity contribution >= 4 is 11.8 Å². The number of nitrogens with zero attached hydrogens (tertiary/aromatic N) is 1. The summed E-state index contributed by atoms with van der Waals surface area (Å²) in [4.78, 5) is 26.5. The Morgan fingerprint density at radius 1 is 1.24 bits per heavy atom.